The van der Waals surface area contributed by atoms with Gasteiger partial charge >= 0.3 is 0 Å². The van der Waals surface area contributed by atoms with Crippen molar-refractivity contribution in [1.29, 1.82) is 0 Å². The molecule has 0 saturated heterocycles. The monoisotopic (exact) mass is 564 g/mol. The van der Waals surface area contributed by atoms with Gasteiger partial charge in [-0.05, 0) is 69.8 Å². The number of aryl methyl sites for hydroxylation is 4. The van der Waals surface area contributed by atoms with Crippen LogP contribution in [0.5, 0.6) is 0 Å². The van der Waals surface area contributed by atoms with Crippen molar-refractivity contribution in [2.45, 2.75) is 53.4 Å². The Morgan fingerprint density at radius 3 is 1.21 bits per heavy atom. The minimum Gasteiger partial charge on any atom is -0.143 e. The van der Waals surface area contributed by atoms with E-state index in [1.165, 1.54) is 93.5 Å². The number of hydrogen-bond acceptors (Lipinski definition) is 4. The van der Waals surface area contributed by atoms with E-state index in [1.54, 1.807) is 11.1 Å². The van der Waals surface area contributed by atoms with E-state index in [-0.39, 0.29) is 0 Å². The quantitative estimate of drug-likeness (QED) is 0.188. The molecule has 0 aliphatic heterocycles. The van der Waals surface area contributed by atoms with Crippen molar-refractivity contribution in [1.82, 2.24) is 0 Å². The summed E-state index contributed by atoms with van der Waals surface area (Å²) in [6, 6.07) is 0. The second kappa shape index (κ2) is 8.02. The summed E-state index contributed by atoms with van der Waals surface area (Å²) >= 11 is 7.95. The summed E-state index contributed by atoms with van der Waals surface area (Å²) in [4.78, 5) is 0. The fraction of sp³-hybridized carbons (Fsp3) is 0.235. The van der Waals surface area contributed by atoms with Crippen LogP contribution in [-0.2, 0) is 25.7 Å². The number of rotatable bonds is 6. The molecule has 4 heterocycles. The third-order valence-electron chi connectivity index (χ3n) is 8.86. The molecule has 4 aromatic carbocycles. The second-order valence-corrected chi connectivity index (χ2v) is 14.1. The Bertz CT molecular complexity index is 2090. The average molecular weight is 565 g/mol. The molecule has 0 aliphatic rings. The van der Waals surface area contributed by atoms with Crippen LogP contribution in [-0.4, -0.2) is 0 Å². The van der Waals surface area contributed by atoms with Crippen LogP contribution < -0.4 is 0 Å². The third kappa shape index (κ3) is 2.48. The zero-order chi connectivity index (χ0) is 26.0. The Morgan fingerprint density at radius 1 is 0.500 bits per heavy atom. The van der Waals surface area contributed by atoms with E-state index in [9.17, 15) is 0 Å². The molecule has 0 nitrogen and oxygen atoms in total. The van der Waals surface area contributed by atoms with E-state index in [2.05, 4.69) is 63.8 Å². The first-order valence-corrected chi connectivity index (χ1v) is 17.1. The van der Waals surface area contributed by atoms with Crippen LogP contribution in [0.2, 0.25) is 0 Å². The molecule has 0 saturated carbocycles. The standard InChI is InChI=1S/C34H28S4/c1-7-15-17(9-3)31-25-23-21(13-35-29(15)23)22-14-36-30-16(8-2)18(10-4)32-26(24(22)30)28-27(25)33(37-31)19(11-5)20(12-6)34(28)38-32/h9-10,13-14H,3-4,7-8,11-12H2,1-2,5-6H3. The molecule has 8 aromatic rings. The molecule has 0 atom stereocenters. The van der Waals surface area contributed by atoms with Gasteiger partial charge in [-0.25, -0.2) is 0 Å². The van der Waals surface area contributed by atoms with Gasteiger partial charge < -0.3 is 0 Å². The average Bonchev–Trinajstić information content (AvgIpc) is 3.70. The van der Waals surface area contributed by atoms with Crippen molar-refractivity contribution >= 4 is 129 Å². The van der Waals surface area contributed by atoms with Gasteiger partial charge in [-0.2, -0.15) is 0 Å². The number of fused-ring (bicyclic) bond motifs is 1. The van der Waals surface area contributed by atoms with Gasteiger partial charge in [-0.1, -0.05) is 53.0 Å². The van der Waals surface area contributed by atoms with E-state index in [0.29, 0.717) is 0 Å². The van der Waals surface area contributed by atoms with Crippen LogP contribution in [0.4, 0.5) is 0 Å². The lowest BCUT2D eigenvalue weighted by atomic mass is 9.88. The fourth-order valence-electron chi connectivity index (χ4n) is 7.35. The molecule has 0 amide bonds. The van der Waals surface area contributed by atoms with Gasteiger partial charge in [0, 0.05) is 71.3 Å². The SMILES string of the molecule is C=Cc1c(CC)c2scc3c4csc5c(CC)c(C=C)c6sc7c(CC)c(CC)c8sc1c(c23)c8c7c6c54. The Labute approximate surface area is 238 Å². The highest BCUT2D eigenvalue weighted by Crippen LogP contribution is 2.57. The van der Waals surface area contributed by atoms with Crippen molar-refractivity contribution in [3.05, 3.63) is 57.3 Å². The van der Waals surface area contributed by atoms with Gasteiger partial charge in [0.25, 0.3) is 0 Å². The molecular formula is C34H28S4. The van der Waals surface area contributed by atoms with E-state index in [1.807, 2.05) is 45.3 Å². The van der Waals surface area contributed by atoms with Gasteiger partial charge in [0.05, 0.1) is 0 Å². The van der Waals surface area contributed by atoms with Gasteiger partial charge in [0.1, 0.15) is 0 Å². The Kier molecular flexibility index (Phi) is 4.93. The highest BCUT2D eigenvalue weighted by Gasteiger charge is 2.29. The summed E-state index contributed by atoms with van der Waals surface area (Å²) in [7, 11) is 0. The number of hydrogen-bond donors (Lipinski definition) is 0. The topological polar surface area (TPSA) is 0 Å². The van der Waals surface area contributed by atoms with Crippen LogP contribution in [0.3, 0.4) is 0 Å². The predicted octanol–water partition coefficient (Wildman–Crippen LogP) is 12.4. The lowest BCUT2D eigenvalue weighted by molar-refractivity contribution is 1.07. The first-order chi connectivity index (χ1) is 18.6. The van der Waals surface area contributed by atoms with Crippen molar-refractivity contribution in [2.75, 3.05) is 0 Å². The first kappa shape index (κ1) is 23.4. The minimum absolute atomic E-state index is 1.03. The summed E-state index contributed by atoms with van der Waals surface area (Å²) in [6.07, 6.45) is 8.45. The molecule has 0 fully saturated rings. The molecule has 38 heavy (non-hydrogen) atoms. The molecule has 0 radical (unpaired) electrons. The van der Waals surface area contributed by atoms with Gasteiger partial charge in [0.2, 0.25) is 0 Å². The van der Waals surface area contributed by atoms with Crippen LogP contribution >= 0.6 is 45.3 Å². The van der Waals surface area contributed by atoms with Crippen molar-refractivity contribution < 1.29 is 0 Å². The van der Waals surface area contributed by atoms with Crippen LogP contribution in [0.25, 0.3) is 83.4 Å². The summed E-state index contributed by atoms with van der Waals surface area (Å²) in [5.41, 5.74) is 8.75. The number of thiophene rings is 4. The van der Waals surface area contributed by atoms with E-state index >= 15 is 0 Å². The largest absolute Gasteiger partial charge is 0.143 e. The Balaban J connectivity index is 1.89. The van der Waals surface area contributed by atoms with Gasteiger partial charge in [-0.15, -0.1) is 45.3 Å². The predicted molar refractivity (Wildman–Crippen MR) is 181 cm³/mol. The smallest absolute Gasteiger partial charge is 0.0437 e. The third-order valence-corrected chi connectivity index (χ3v) is 13.5. The van der Waals surface area contributed by atoms with Crippen LogP contribution in [0, 0.1) is 0 Å². The fourth-order valence-corrected chi connectivity index (χ4v) is 12.8. The lowest BCUT2D eigenvalue weighted by Crippen LogP contribution is -1.93. The molecule has 4 heteroatoms. The maximum absolute atomic E-state index is 4.33. The molecule has 0 unspecified atom stereocenters. The Morgan fingerprint density at radius 2 is 0.868 bits per heavy atom. The maximum atomic E-state index is 4.33. The van der Waals surface area contributed by atoms with Gasteiger partial charge in [0.15, 0.2) is 0 Å². The minimum atomic E-state index is 1.03. The summed E-state index contributed by atoms with van der Waals surface area (Å²) in [5, 5.41) is 16.7. The molecule has 0 bridgehead atoms. The van der Waals surface area contributed by atoms with Crippen molar-refractivity contribution in [2.24, 2.45) is 0 Å². The van der Waals surface area contributed by atoms with E-state index in [4.69, 9.17) is 0 Å². The zero-order valence-electron chi connectivity index (χ0n) is 22.2. The van der Waals surface area contributed by atoms with Gasteiger partial charge in [-0.3, -0.25) is 0 Å². The maximum Gasteiger partial charge on any atom is 0.0437 e. The highest BCUT2D eigenvalue weighted by atomic mass is 32.1. The van der Waals surface area contributed by atoms with E-state index in [0.717, 1.165) is 25.7 Å². The highest BCUT2D eigenvalue weighted by molar-refractivity contribution is 7.29. The molecule has 188 valence electrons. The molecule has 0 N–H and O–H groups in total. The van der Waals surface area contributed by atoms with Crippen molar-refractivity contribution in [3.8, 4) is 0 Å². The molecule has 0 spiro atoms. The Hall–Kier alpha value is -2.50. The van der Waals surface area contributed by atoms with Crippen LogP contribution in [0.1, 0.15) is 61.1 Å². The first-order valence-electron chi connectivity index (χ1n) is 13.7. The van der Waals surface area contributed by atoms with Crippen molar-refractivity contribution in [3.63, 3.8) is 0 Å². The molecule has 0 aliphatic carbocycles. The molecule has 4 aromatic heterocycles. The lowest BCUT2D eigenvalue weighted by Gasteiger charge is -2.14. The summed E-state index contributed by atoms with van der Waals surface area (Å²) in [6.45, 7) is 18.0. The zero-order valence-corrected chi connectivity index (χ0v) is 25.5. The second-order valence-electron chi connectivity index (χ2n) is 10.3. The molecule has 8 rings (SSSR count). The molecular weight excluding hydrogens is 537 g/mol. The normalized spacial score (nSPS) is 12.8. The van der Waals surface area contributed by atoms with E-state index < -0.39 is 0 Å². The summed E-state index contributed by atoms with van der Waals surface area (Å²) < 4.78 is 8.81. The number of benzene rings is 3. The summed E-state index contributed by atoms with van der Waals surface area (Å²) in [5.74, 6) is 0. The van der Waals surface area contributed by atoms with Crippen LogP contribution in [0.15, 0.2) is 23.9 Å².